The van der Waals surface area contributed by atoms with Gasteiger partial charge >= 0.3 is 0 Å². The molecule has 92 valence electrons. The van der Waals surface area contributed by atoms with E-state index >= 15 is 0 Å². The highest BCUT2D eigenvalue weighted by atomic mass is 16.3. The number of carbonyl (C=O) groups is 2. The first-order valence-corrected chi connectivity index (χ1v) is 5.51. The van der Waals surface area contributed by atoms with Crippen LogP contribution in [0.2, 0.25) is 0 Å². The predicted octanol–water partition coefficient (Wildman–Crippen LogP) is 2.41. The molecule has 0 bridgehead atoms. The van der Waals surface area contributed by atoms with E-state index in [1.165, 1.54) is 4.90 Å². The number of hydrogen-bond acceptors (Lipinski definition) is 3. The lowest BCUT2D eigenvalue weighted by atomic mass is 10.1. The molecule has 4 nitrogen and oxygen atoms in total. The van der Waals surface area contributed by atoms with Crippen molar-refractivity contribution < 1.29 is 14.0 Å². The molecule has 1 heterocycles. The van der Waals surface area contributed by atoms with Crippen molar-refractivity contribution in [2.45, 2.75) is 6.92 Å². The van der Waals surface area contributed by atoms with Gasteiger partial charge in [-0.25, -0.2) is 0 Å². The summed E-state index contributed by atoms with van der Waals surface area (Å²) in [4.78, 5) is 24.1. The second kappa shape index (κ2) is 4.87. The predicted molar refractivity (Wildman–Crippen MR) is 67.8 cm³/mol. The van der Waals surface area contributed by atoms with Gasteiger partial charge in [-0.2, -0.15) is 0 Å². The average Bonchev–Trinajstić information content (AvgIpc) is 2.84. The number of anilines is 1. The molecule has 0 saturated carbocycles. The quantitative estimate of drug-likeness (QED) is 0.612. The maximum absolute atomic E-state index is 12.0. The highest BCUT2D eigenvalue weighted by Gasteiger charge is 2.12. The van der Waals surface area contributed by atoms with E-state index in [0.29, 0.717) is 23.5 Å². The molecule has 0 fully saturated rings. The van der Waals surface area contributed by atoms with Crippen LogP contribution in [0.1, 0.15) is 21.9 Å². The van der Waals surface area contributed by atoms with Crippen molar-refractivity contribution >= 4 is 17.9 Å². The number of benzene rings is 1. The van der Waals surface area contributed by atoms with Gasteiger partial charge in [-0.15, -0.1) is 0 Å². The van der Waals surface area contributed by atoms with Crippen molar-refractivity contribution in [1.82, 2.24) is 0 Å². The van der Waals surface area contributed by atoms with Crippen LogP contribution in [0.3, 0.4) is 0 Å². The molecule has 4 heteroatoms. The molecule has 18 heavy (non-hydrogen) atoms. The molecule has 1 aromatic carbocycles. The summed E-state index contributed by atoms with van der Waals surface area (Å²) in [5.41, 5.74) is 1.27. The van der Waals surface area contributed by atoms with E-state index < -0.39 is 0 Å². The molecule has 0 saturated heterocycles. The van der Waals surface area contributed by atoms with Gasteiger partial charge in [-0.1, -0.05) is 0 Å². The van der Waals surface area contributed by atoms with Crippen molar-refractivity contribution in [3.63, 3.8) is 0 Å². The summed E-state index contributed by atoms with van der Waals surface area (Å²) in [6.45, 7) is 1.79. The summed E-state index contributed by atoms with van der Waals surface area (Å²) in [5.74, 6) is 0.864. The van der Waals surface area contributed by atoms with Crippen molar-refractivity contribution in [3.8, 4) is 0 Å². The Bertz CT molecular complexity index is 569. The summed E-state index contributed by atoms with van der Waals surface area (Å²) in [7, 11) is 1.65. The van der Waals surface area contributed by atoms with Gasteiger partial charge in [0.15, 0.2) is 5.76 Å². The van der Waals surface area contributed by atoms with Gasteiger partial charge < -0.3 is 9.32 Å². The standard InChI is InChI=1S/C14H13NO3/c1-10-3-8-13(18-10)14(17)11-4-6-12(7-5-11)15(2)9-16/h3-9H,1-2H3. The van der Waals surface area contributed by atoms with E-state index in [1.54, 1.807) is 50.4 Å². The van der Waals surface area contributed by atoms with Crippen LogP contribution in [0.25, 0.3) is 0 Å². The molecule has 0 unspecified atom stereocenters. The van der Waals surface area contributed by atoms with Gasteiger partial charge in [-0.3, -0.25) is 9.59 Å². The number of rotatable bonds is 4. The van der Waals surface area contributed by atoms with E-state index in [9.17, 15) is 9.59 Å². The van der Waals surface area contributed by atoms with Gasteiger partial charge in [0, 0.05) is 18.3 Å². The minimum absolute atomic E-state index is 0.164. The fourth-order valence-electron chi connectivity index (χ4n) is 1.61. The van der Waals surface area contributed by atoms with Gasteiger partial charge in [0.25, 0.3) is 0 Å². The molecular weight excluding hydrogens is 230 g/mol. The van der Waals surface area contributed by atoms with Gasteiger partial charge in [0.05, 0.1) is 0 Å². The molecular formula is C14H13NO3. The maximum atomic E-state index is 12.0. The lowest BCUT2D eigenvalue weighted by Gasteiger charge is -2.10. The third kappa shape index (κ3) is 2.32. The van der Waals surface area contributed by atoms with Crippen LogP contribution in [0, 0.1) is 6.92 Å². The lowest BCUT2D eigenvalue weighted by molar-refractivity contribution is -0.107. The Balaban J connectivity index is 2.24. The van der Waals surface area contributed by atoms with Crippen LogP contribution in [-0.4, -0.2) is 19.2 Å². The lowest BCUT2D eigenvalue weighted by Crippen LogP contribution is -2.13. The Hall–Kier alpha value is -2.36. The third-order valence-electron chi connectivity index (χ3n) is 2.66. The van der Waals surface area contributed by atoms with Crippen molar-refractivity contribution in [2.75, 3.05) is 11.9 Å². The summed E-state index contributed by atoms with van der Waals surface area (Å²) >= 11 is 0. The Morgan fingerprint density at radius 1 is 1.17 bits per heavy atom. The SMILES string of the molecule is Cc1ccc(C(=O)c2ccc(N(C)C=O)cc2)o1. The van der Waals surface area contributed by atoms with Crippen LogP contribution in [0.15, 0.2) is 40.8 Å². The van der Waals surface area contributed by atoms with E-state index in [-0.39, 0.29) is 5.78 Å². The molecule has 1 aromatic heterocycles. The highest BCUT2D eigenvalue weighted by molar-refractivity contribution is 6.07. The number of ketones is 1. The largest absolute Gasteiger partial charge is 0.458 e. The normalized spacial score (nSPS) is 10.1. The third-order valence-corrected chi connectivity index (χ3v) is 2.66. The fraction of sp³-hybridized carbons (Fsp3) is 0.143. The monoisotopic (exact) mass is 243 g/mol. The molecule has 0 aliphatic carbocycles. The van der Waals surface area contributed by atoms with Crippen molar-refractivity contribution in [1.29, 1.82) is 0 Å². The molecule has 0 N–H and O–H groups in total. The number of aryl methyl sites for hydroxylation is 1. The number of nitrogens with zero attached hydrogens (tertiary/aromatic N) is 1. The zero-order valence-electron chi connectivity index (χ0n) is 10.2. The van der Waals surface area contributed by atoms with Gasteiger partial charge in [-0.05, 0) is 43.3 Å². The van der Waals surface area contributed by atoms with Crippen LogP contribution in [-0.2, 0) is 4.79 Å². The van der Waals surface area contributed by atoms with Crippen LogP contribution in [0.5, 0.6) is 0 Å². The Morgan fingerprint density at radius 3 is 2.33 bits per heavy atom. The first-order chi connectivity index (χ1) is 8.61. The van der Waals surface area contributed by atoms with Gasteiger partial charge in [0.1, 0.15) is 5.76 Å². The van der Waals surface area contributed by atoms with Crippen LogP contribution < -0.4 is 4.90 Å². The van der Waals surface area contributed by atoms with Crippen molar-refractivity contribution in [3.05, 3.63) is 53.5 Å². The average molecular weight is 243 g/mol. The fourth-order valence-corrected chi connectivity index (χ4v) is 1.61. The second-order valence-corrected chi connectivity index (χ2v) is 4.00. The van der Waals surface area contributed by atoms with Gasteiger partial charge in [0.2, 0.25) is 12.2 Å². The number of carbonyl (C=O) groups excluding carboxylic acids is 2. The topological polar surface area (TPSA) is 50.5 Å². The molecule has 0 aliphatic rings. The summed E-state index contributed by atoms with van der Waals surface area (Å²) in [5, 5.41) is 0. The summed E-state index contributed by atoms with van der Waals surface area (Å²) in [6.07, 6.45) is 0.715. The zero-order valence-corrected chi connectivity index (χ0v) is 10.2. The Labute approximate surface area is 105 Å². The molecule has 2 aromatic rings. The molecule has 0 atom stereocenters. The summed E-state index contributed by atoms with van der Waals surface area (Å²) < 4.78 is 5.28. The minimum atomic E-state index is -0.164. The minimum Gasteiger partial charge on any atom is -0.458 e. The van der Waals surface area contributed by atoms with E-state index in [0.717, 1.165) is 5.69 Å². The smallest absolute Gasteiger partial charge is 0.228 e. The zero-order chi connectivity index (χ0) is 13.1. The number of hydrogen-bond donors (Lipinski definition) is 0. The van der Waals surface area contributed by atoms with Crippen LogP contribution >= 0.6 is 0 Å². The number of furan rings is 1. The first-order valence-electron chi connectivity index (χ1n) is 5.51. The Morgan fingerprint density at radius 2 is 1.83 bits per heavy atom. The molecule has 0 radical (unpaired) electrons. The number of amides is 1. The second-order valence-electron chi connectivity index (χ2n) is 4.00. The summed E-state index contributed by atoms with van der Waals surface area (Å²) in [6, 6.07) is 10.2. The van der Waals surface area contributed by atoms with Crippen LogP contribution in [0.4, 0.5) is 5.69 Å². The molecule has 0 aliphatic heterocycles. The van der Waals surface area contributed by atoms with E-state index in [1.807, 2.05) is 0 Å². The maximum Gasteiger partial charge on any atom is 0.228 e. The van der Waals surface area contributed by atoms with E-state index in [4.69, 9.17) is 4.42 Å². The highest BCUT2D eigenvalue weighted by Crippen LogP contribution is 2.16. The first kappa shape index (κ1) is 12.1. The molecule has 2 rings (SSSR count). The van der Waals surface area contributed by atoms with E-state index in [2.05, 4.69) is 0 Å². The molecule has 0 spiro atoms. The van der Waals surface area contributed by atoms with Crippen molar-refractivity contribution in [2.24, 2.45) is 0 Å². The molecule has 1 amide bonds. The Kier molecular flexibility index (Phi) is 3.28.